The largest absolute Gasteiger partial charge is 0.493 e. The van der Waals surface area contributed by atoms with Crippen LogP contribution in [0.2, 0.25) is 0 Å². The van der Waals surface area contributed by atoms with Gasteiger partial charge in [0.2, 0.25) is 0 Å². The van der Waals surface area contributed by atoms with Gasteiger partial charge in [-0.3, -0.25) is 0 Å². The van der Waals surface area contributed by atoms with E-state index < -0.39 is 11.7 Å². The average Bonchev–Trinajstić information content (AvgIpc) is 3.45. The topological polar surface area (TPSA) is 84.0 Å². The van der Waals surface area contributed by atoms with Crippen LogP contribution in [0.4, 0.5) is 4.79 Å². The molecule has 0 saturated heterocycles. The van der Waals surface area contributed by atoms with Crippen LogP contribution >= 0.6 is 24.0 Å². The molecule has 0 bridgehead atoms. The molecule has 0 heterocycles. The number of amides is 1. The summed E-state index contributed by atoms with van der Waals surface area (Å²) in [5.41, 5.74) is 0.565. The lowest BCUT2D eigenvalue weighted by molar-refractivity contribution is 0.0529. The van der Waals surface area contributed by atoms with Crippen molar-refractivity contribution in [2.75, 3.05) is 26.2 Å². The maximum absolute atomic E-state index is 11.7. The lowest BCUT2D eigenvalue weighted by atomic mass is 10.2. The lowest BCUT2D eigenvalue weighted by Crippen LogP contribution is -2.42. The van der Waals surface area contributed by atoms with Crippen LogP contribution < -0.4 is 20.7 Å². The first-order valence-electron chi connectivity index (χ1n) is 10.1. The molecule has 0 atom stereocenters. The van der Waals surface area contributed by atoms with Crippen LogP contribution in [0, 0.1) is 5.92 Å². The van der Waals surface area contributed by atoms with Crippen LogP contribution in [0.3, 0.4) is 0 Å². The van der Waals surface area contributed by atoms with Crippen molar-refractivity contribution < 1.29 is 14.3 Å². The van der Waals surface area contributed by atoms with Crippen molar-refractivity contribution in [3.63, 3.8) is 0 Å². The van der Waals surface area contributed by atoms with Crippen LogP contribution in [-0.2, 0) is 11.3 Å². The Morgan fingerprint density at radius 2 is 1.83 bits per heavy atom. The van der Waals surface area contributed by atoms with Crippen molar-refractivity contribution in [3.05, 3.63) is 29.8 Å². The summed E-state index contributed by atoms with van der Waals surface area (Å²) in [6.45, 7) is 10.6. The van der Waals surface area contributed by atoms with Gasteiger partial charge in [-0.25, -0.2) is 9.79 Å². The minimum atomic E-state index is -0.497. The number of hydrogen-bond acceptors (Lipinski definition) is 4. The number of guanidine groups is 1. The molecule has 0 spiro atoms. The predicted octanol–water partition coefficient (Wildman–Crippen LogP) is 3.67. The Morgan fingerprint density at radius 1 is 1.14 bits per heavy atom. The molecule has 0 aliphatic heterocycles. The van der Waals surface area contributed by atoms with Gasteiger partial charge in [-0.1, -0.05) is 18.2 Å². The Bertz CT molecular complexity index is 658. The smallest absolute Gasteiger partial charge is 0.407 e. The molecule has 1 fully saturated rings. The normalized spacial score (nSPS) is 13.9. The summed E-state index contributed by atoms with van der Waals surface area (Å²) < 4.78 is 11.2. The molecule has 1 saturated carbocycles. The Hall–Kier alpha value is -1.71. The number of benzene rings is 1. The van der Waals surface area contributed by atoms with E-state index in [1.807, 2.05) is 52.0 Å². The highest BCUT2D eigenvalue weighted by molar-refractivity contribution is 14.0. The van der Waals surface area contributed by atoms with Crippen molar-refractivity contribution in [1.82, 2.24) is 16.0 Å². The van der Waals surface area contributed by atoms with Gasteiger partial charge in [0, 0.05) is 25.2 Å². The number of para-hydroxylation sites is 1. The molecule has 8 heteroatoms. The number of aliphatic imine (C=N–C) groups is 1. The molecule has 1 amide bonds. The zero-order valence-electron chi connectivity index (χ0n) is 17.9. The van der Waals surface area contributed by atoms with Gasteiger partial charge in [0.25, 0.3) is 0 Å². The molecule has 3 N–H and O–H groups in total. The number of rotatable bonds is 9. The van der Waals surface area contributed by atoms with Crippen LogP contribution in [0.5, 0.6) is 5.75 Å². The second-order valence-electron chi connectivity index (χ2n) is 7.91. The molecule has 1 aliphatic carbocycles. The first-order chi connectivity index (χ1) is 13.4. The van der Waals surface area contributed by atoms with Gasteiger partial charge in [-0.05, 0) is 52.5 Å². The number of carbonyl (C=O) groups excluding carboxylic acids is 1. The van der Waals surface area contributed by atoms with Gasteiger partial charge in [0.15, 0.2) is 5.96 Å². The zero-order valence-corrected chi connectivity index (χ0v) is 20.2. The lowest BCUT2D eigenvalue weighted by Gasteiger charge is -2.20. The van der Waals surface area contributed by atoms with E-state index in [1.165, 1.54) is 12.8 Å². The first kappa shape index (κ1) is 25.3. The quantitative estimate of drug-likeness (QED) is 0.201. The highest BCUT2D eigenvalue weighted by Gasteiger charge is 2.22. The van der Waals surface area contributed by atoms with Crippen LogP contribution in [0.15, 0.2) is 29.3 Å². The molecule has 7 nitrogen and oxygen atoms in total. The van der Waals surface area contributed by atoms with Crippen LogP contribution in [0.25, 0.3) is 0 Å². The summed E-state index contributed by atoms with van der Waals surface area (Å²) in [6.07, 6.45) is 2.12. The van der Waals surface area contributed by atoms with Gasteiger partial charge in [0.1, 0.15) is 11.4 Å². The van der Waals surface area contributed by atoms with E-state index in [0.717, 1.165) is 24.5 Å². The maximum Gasteiger partial charge on any atom is 0.407 e. The fourth-order valence-corrected chi connectivity index (χ4v) is 2.43. The van der Waals surface area contributed by atoms with Crippen molar-refractivity contribution in [1.29, 1.82) is 0 Å². The standard InChI is InChI=1S/C21H34N4O3.HI/c1-5-22-19(23-12-13-24-20(26)28-21(2,3)4)25-14-17-8-6-7-9-18(17)27-15-16-10-11-16;/h6-9,16H,5,10-15H2,1-4H3,(H,24,26)(H2,22,23,25);1H. The Labute approximate surface area is 191 Å². The van der Waals surface area contributed by atoms with Crippen molar-refractivity contribution >= 4 is 36.0 Å². The van der Waals surface area contributed by atoms with E-state index in [1.54, 1.807) is 0 Å². The van der Waals surface area contributed by atoms with Gasteiger partial charge < -0.3 is 25.4 Å². The SMILES string of the molecule is CCNC(=NCc1ccccc1OCC1CC1)NCCNC(=O)OC(C)(C)C.I. The minimum absolute atomic E-state index is 0. The Kier molecular flexibility index (Phi) is 11.2. The number of nitrogens with one attached hydrogen (secondary N) is 3. The predicted molar refractivity (Wildman–Crippen MR) is 127 cm³/mol. The maximum atomic E-state index is 11.7. The summed E-state index contributed by atoms with van der Waals surface area (Å²) in [4.78, 5) is 16.3. The fourth-order valence-electron chi connectivity index (χ4n) is 2.43. The van der Waals surface area contributed by atoms with E-state index in [2.05, 4.69) is 20.9 Å². The van der Waals surface area contributed by atoms with Crippen LogP contribution in [-0.4, -0.2) is 43.9 Å². The Morgan fingerprint density at radius 3 is 2.48 bits per heavy atom. The number of ether oxygens (including phenoxy) is 2. The summed E-state index contributed by atoms with van der Waals surface area (Å²) in [6, 6.07) is 8.03. The highest BCUT2D eigenvalue weighted by atomic mass is 127. The molecular weight excluding hydrogens is 483 g/mol. The first-order valence-corrected chi connectivity index (χ1v) is 10.1. The third-order valence-corrected chi connectivity index (χ3v) is 3.98. The van der Waals surface area contributed by atoms with E-state index >= 15 is 0 Å². The number of nitrogens with zero attached hydrogens (tertiary/aromatic N) is 1. The van der Waals surface area contributed by atoms with Crippen LogP contribution in [0.1, 0.15) is 46.1 Å². The molecule has 0 radical (unpaired) electrons. The molecule has 164 valence electrons. The Balaban J connectivity index is 0.00000420. The molecule has 29 heavy (non-hydrogen) atoms. The van der Waals surface area contributed by atoms with Gasteiger partial charge in [0.05, 0.1) is 13.2 Å². The molecule has 0 unspecified atom stereocenters. The van der Waals surface area contributed by atoms with Crippen molar-refractivity contribution in [2.24, 2.45) is 10.9 Å². The van der Waals surface area contributed by atoms with Crippen molar-refractivity contribution in [3.8, 4) is 5.75 Å². The number of carbonyl (C=O) groups is 1. The monoisotopic (exact) mass is 518 g/mol. The molecule has 1 aromatic carbocycles. The number of alkyl carbamates (subject to hydrolysis) is 1. The van der Waals surface area contributed by atoms with Gasteiger partial charge in [-0.2, -0.15) is 0 Å². The van der Waals surface area contributed by atoms with Gasteiger partial charge >= 0.3 is 6.09 Å². The van der Waals surface area contributed by atoms with E-state index in [0.29, 0.717) is 31.5 Å². The molecule has 1 aliphatic rings. The summed E-state index contributed by atoms with van der Waals surface area (Å²) in [7, 11) is 0. The number of halogens is 1. The highest BCUT2D eigenvalue weighted by Crippen LogP contribution is 2.30. The number of hydrogen-bond donors (Lipinski definition) is 3. The third-order valence-electron chi connectivity index (χ3n) is 3.98. The fraction of sp³-hybridized carbons (Fsp3) is 0.619. The minimum Gasteiger partial charge on any atom is -0.493 e. The second-order valence-corrected chi connectivity index (χ2v) is 7.91. The zero-order chi connectivity index (χ0) is 20.4. The molecule has 2 rings (SSSR count). The summed E-state index contributed by atoms with van der Waals surface area (Å²) in [5.74, 6) is 2.32. The van der Waals surface area contributed by atoms with E-state index in [9.17, 15) is 4.79 Å². The van der Waals surface area contributed by atoms with E-state index in [-0.39, 0.29) is 24.0 Å². The third kappa shape index (κ3) is 11.2. The van der Waals surface area contributed by atoms with Crippen molar-refractivity contribution in [2.45, 2.75) is 52.7 Å². The second kappa shape index (κ2) is 12.8. The molecule has 0 aromatic heterocycles. The summed E-state index contributed by atoms with van der Waals surface area (Å²) in [5, 5.41) is 9.16. The summed E-state index contributed by atoms with van der Waals surface area (Å²) >= 11 is 0. The van der Waals surface area contributed by atoms with Gasteiger partial charge in [-0.15, -0.1) is 24.0 Å². The molecular formula is C21H35IN4O3. The molecule has 1 aromatic rings. The van der Waals surface area contributed by atoms with E-state index in [4.69, 9.17) is 9.47 Å². The average molecular weight is 518 g/mol.